The third-order valence-electron chi connectivity index (χ3n) is 12.6. The first-order valence-corrected chi connectivity index (χ1v) is 25.6. The van der Waals surface area contributed by atoms with Gasteiger partial charge in [0, 0.05) is 53.5 Å². The van der Waals surface area contributed by atoms with Gasteiger partial charge < -0.3 is 57.2 Å². The molecule has 69 heavy (non-hydrogen) atoms. The van der Waals surface area contributed by atoms with Crippen molar-refractivity contribution in [2.75, 3.05) is 13.1 Å². The lowest BCUT2D eigenvalue weighted by Gasteiger charge is -2.27. The lowest BCUT2D eigenvalue weighted by Crippen LogP contribution is -2.45. The Morgan fingerprint density at radius 2 is 1.26 bits per heavy atom. The summed E-state index contributed by atoms with van der Waals surface area (Å²) < 4.78 is 22.7. The fraction of sp³-hybridized carbons (Fsp3) is 0.533. The van der Waals surface area contributed by atoms with Crippen LogP contribution < -0.4 is 31.7 Å². The summed E-state index contributed by atoms with van der Waals surface area (Å²) in [6.07, 6.45) is -1.39. The van der Waals surface area contributed by atoms with Gasteiger partial charge in [0.2, 0.25) is 21.8 Å². The van der Waals surface area contributed by atoms with Crippen LogP contribution >= 0.6 is 23.5 Å². The molecule has 0 aliphatic carbocycles. The van der Waals surface area contributed by atoms with Crippen LogP contribution in [0.5, 0.6) is 0 Å². The maximum atomic E-state index is 12.6. The number of nitrogens with two attached hydrogens (primary N) is 1. The first kappa shape index (κ1) is 54.9. The van der Waals surface area contributed by atoms with Crippen molar-refractivity contribution in [3.8, 4) is 0 Å². The van der Waals surface area contributed by atoms with Gasteiger partial charge in [0.25, 0.3) is 0 Å². The first-order valence-electron chi connectivity index (χ1n) is 22.3. The van der Waals surface area contributed by atoms with E-state index in [0.29, 0.717) is 42.9 Å². The van der Waals surface area contributed by atoms with Crippen molar-refractivity contribution < 1.29 is 67.8 Å². The molecule has 0 aromatic heterocycles. The van der Waals surface area contributed by atoms with E-state index in [4.69, 9.17) is 5.14 Å². The standard InChI is InChI=1S/C23H31N3O6S.C22H30N4O8S2/c1-11-4-6-14(7-5-11)9-25-21(28)16-8-15(10-24-16)33-20-12(2)18(26-19(20)23(31)32)17(13(3)27)22(29)30;1-10-17(16(11(2)27)21(29)30)26-18(22(31)32)19(10)35-13-7-15(24-9-13)20(28)25-8-12-3-5-14(6-4-12)36(23,33)34/h4-7,12-13,15-18,20,24,27H,8-10H2,1-3H3,(H,25,28)(H,29,30)(H,31,32);3-6,10-11,13,15-17,24,26-27H,7-9H2,1-2H3,(H,25,28)(H,29,30)(H,31,32)(H2,23,33,34)/t12-,13-,15+,16+,17-,18-,20?;10-,11-,13+,15+,16-,17-/m11/s1. The summed E-state index contributed by atoms with van der Waals surface area (Å²) >= 11 is 2.71. The summed E-state index contributed by atoms with van der Waals surface area (Å²) in [5.74, 6) is -8.40. The van der Waals surface area contributed by atoms with E-state index < -0.39 is 87.2 Å². The monoisotopic (exact) mass is 1020 g/mol. The number of carbonyl (C=O) groups excluding carboxylic acids is 2. The Kier molecular flexibility index (Phi) is 18.8. The predicted octanol–water partition coefficient (Wildman–Crippen LogP) is 0.469. The zero-order chi connectivity index (χ0) is 51.1. The number of aliphatic hydroxyl groups is 2. The Labute approximate surface area is 408 Å². The van der Waals surface area contributed by atoms with Crippen molar-refractivity contribution in [3.05, 3.63) is 75.8 Å². The molecule has 2 saturated heterocycles. The molecule has 0 saturated carbocycles. The van der Waals surface area contributed by atoms with Crippen LogP contribution in [0, 0.1) is 30.6 Å². The minimum atomic E-state index is -3.80. The third kappa shape index (κ3) is 14.0. The number of rotatable bonds is 19. The van der Waals surface area contributed by atoms with Crippen LogP contribution in [-0.4, -0.2) is 146 Å². The van der Waals surface area contributed by atoms with E-state index in [2.05, 4.69) is 31.6 Å². The predicted molar refractivity (Wildman–Crippen MR) is 256 cm³/mol. The number of sulfonamides is 1. The number of carboxylic acid groups (broad SMARTS) is 4. The van der Waals surface area contributed by atoms with E-state index in [9.17, 15) is 67.8 Å². The molecular formula is C45H61N7O14S3. The molecule has 2 aromatic carbocycles. The first-order chi connectivity index (χ1) is 32.4. The maximum Gasteiger partial charge on any atom is 0.352 e. The quantitative estimate of drug-likeness (QED) is 0.0910. The highest BCUT2D eigenvalue weighted by Gasteiger charge is 2.49. The molecule has 21 nitrogen and oxygen atoms in total. The lowest BCUT2D eigenvalue weighted by molar-refractivity contribution is -0.148. The van der Waals surface area contributed by atoms with Gasteiger partial charge in [0.1, 0.15) is 23.2 Å². The summed E-state index contributed by atoms with van der Waals surface area (Å²) in [6.45, 7) is 9.83. The third-order valence-corrected chi connectivity index (χ3v) is 16.8. The molecule has 0 spiro atoms. The fourth-order valence-electron chi connectivity index (χ4n) is 8.85. The second-order valence-electron chi connectivity index (χ2n) is 17.8. The molecule has 4 heterocycles. The average molecular weight is 1020 g/mol. The van der Waals surface area contributed by atoms with Gasteiger partial charge in [-0.15, -0.1) is 23.5 Å². The molecule has 1 unspecified atom stereocenters. The van der Waals surface area contributed by atoms with E-state index in [1.165, 1.54) is 49.5 Å². The molecule has 13 atom stereocenters. The van der Waals surface area contributed by atoms with Crippen LogP contribution in [-0.2, 0) is 51.9 Å². The number of hydrogen-bond acceptors (Lipinski definition) is 16. The van der Waals surface area contributed by atoms with Crippen molar-refractivity contribution >= 4 is 75.0 Å². The molecule has 0 bridgehead atoms. The van der Waals surface area contributed by atoms with Gasteiger partial charge >= 0.3 is 23.9 Å². The highest BCUT2D eigenvalue weighted by molar-refractivity contribution is 8.03. The number of nitrogens with one attached hydrogen (secondary N) is 5. The van der Waals surface area contributed by atoms with E-state index in [1.807, 2.05) is 31.2 Å². The van der Waals surface area contributed by atoms with Crippen LogP contribution in [0.25, 0.3) is 0 Å². The van der Waals surface area contributed by atoms with Gasteiger partial charge in [-0.25, -0.2) is 23.1 Å². The van der Waals surface area contributed by atoms with Gasteiger partial charge in [-0.3, -0.25) is 24.2 Å². The Morgan fingerprint density at radius 1 is 0.768 bits per heavy atom. The molecule has 13 N–H and O–H groups in total. The SMILES string of the molecule is C[C@@H](O)[C@@H](C(=O)O)[C@@H]1NC(C(=O)O)=C(S[C@@H]2CN[C@H](C(=O)NCc3ccc(S(N)(=O)=O)cc3)C2)[C@@H]1C.Cc1ccc(CNC(=O)[C@@H]2C[C@H](SC3C(C(=O)O)=N[C@@H]([C@H](C(=O)O)[C@@H](C)O)[C@H]3C)CN2)cc1. The number of aliphatic hydroxyl groups excluding tert-OH is 2. The lowest BCUT2D eigenvalue weighted by atomic mass is 9.86. The molecule has 0 radical (unpaired) electrons. The molecule has 4 aliphatic heterocycles. The number of benzene rings is 2. The fourth-order valence-corrected chi connectivity index (χ4v) is 12.4. The van der Waals surface area contributed by atoms with Crippen molar-refractivity contribution in [2.45, 2.75) is 118 Å². The summed E-state index contributed by atoms with van der Waals surface area (Å²) in [7, 11) is -3.80. The summed E-state index contributed by atoms with van der Waals surface area (Å²) in [6, 6.07) is 11.3. The molecule has 378 valence electrons. The van der Waals surface area contributed by atoms with Crippen LogP contribution in [0.1, 0.15) is 57.2 Å². The minimum absolute atomic E-state index is 0.0223. The summed E-state index contributed by atoms with van der Waals surface area (Å²) in [5, 5.41) is 77.5. The van der Waals surface area contributed by atoms with Gasteiger partial charge in [-0.1, -0.05) is 55.8 Å². The number of nitrogens with zero attached hydrogens (tertiary/aromatic N) is 1. The molecule has 2 amide bonds. The number of thioether (sulfide) groups is 2. The molecule has 24 heteroatoms. The van der Waals surface area contributed by atoms with Crippen molar-refractivity contribution in [1.29, 1.82) is 0 Å². The largest absolute Gasteiger partial charge is 0.481 e. The van der Waals surface area contributed by atoms with E-state index in [-0.39, 0.29) is 57.1 Å². The Morgan fingerprint density at radius 3 is 1.72 bits per heavy atom. The zero-order valence-corrected chi connectivity index (χ0v) is 41.0. The van der Waals surface area contributed by atoms with Gasteiger partial charge in [-0.2, -0.15) is 0 Å². The molecule has 2 aromatic rings. The number of aryl methyl sites for hydroxylation is 1. The van der Waals surface area contributed by atoms with Crippen molar-refractivity contribution in [2.24, 2.45) is 33.8 Å². The van der Waals surface area contributed by atoms with Gasteiger partial charge in [0.15, 0.2) is 0 Å². The smallest absolute Gasteiger partial charge is 0.352 e. The molecule has 2 fully saturated rings. The topological polar surface area (TPSA) is 356 Å². The average Bonchev–Trinajstić information content (AvgIpc) is 4.07. The van der Waals surface area contributed by atoms with E-state index in [0.717, 1.165) is 11.1 Å². The van der Waals surface area contributed by atoms with Crippen LogP contribution in [0.4, 0.5) is 0 Å². The van der Waals surface area contributed by atoms with Crippen LogP contribution in [0.15, 0.2) is 69.0 Å². The van der Waals surface area contributed by atoms with Crippen LogP contribution in [0.2, 0.25) is 0 Å². The van der Waals surface area contributed by atoms with Crippen molar-refractivity contribution in [1.82, 2.24) is 26.6 Å². The Balaban J connectivity index is 0.000000258. The number of carbonyl (C=O) groups is 6. The maximum absolute atomic E-state index is 12.6. The second kappa shape index (κ2) is 23.7. The number of aliphatic carboxylic acids is 4. The zero-order valence-electron chi connectivity index (χ0n) is 38.6. The second-order valence-corrected chi connectivity index (χ2v) is 22.2. The highest BCUT2D eigenvalue weighted by atomic mass is 32.2. The number of carboxylic acids is 4. The minimum Gasteiger partial charge on any atom is -0.481 e. The Bertz CT molecular complexity index is 2400. The summed E-state index contributed by atoms with van der Waals surface area (Å²) in [5.41, 5.74) is 2.70. The van der Waals surface area contributed by atoms with Crippen molar-refractivity contribution in [3.63, 3.8) is 0 Å². The Hall–Kier alpha value is -5.08. The van der Waals surface area contributed by atoms with E-state index in [1.54, 1.807) is 26.0 Å². The number of primary sulfonamides is 1. The highest BCUT2D eigenvalue weighted by Crippen LogP contribution is 2.42. The van der Waals surface area contributed by atoms with Gasteiger partial charge in [0.05, 0.1) is 40.5 Å². The number of amides is 2. The normalized spacial score (nSPS) is 27.2. The number of hydrogen-bond donors (Lipinski definition) is 12. The molecule has 4 aliphatic rings. The van der Waals surface area contributed by atoms with E-state index >= 15 is 0 Å². The number of aliphatic imine (C=N–C) groups is 1. The van der Waals surface area contributed by atoms with Gasteiger partial charge in [-0.05, 0) is 62.8 Å². The molecule has 6 rings (SSSR count). The molecular weight excluding hydrogens is 959 g/mol. The van der Waals surface area contributed by atoms with Crippen LogP contribution in [0.3, 0.4) is 0 Å². The summed E-state index contributed by atoms with van der Waals surface area (Å²) in [4.78, 5) is 76.9.